The average Bonchev–Trinajstić information content (AvgIpc) is 2.49. The Bertz CT molecular complexity index is 400. The number of carbonyl (C=O) groups excluding carboxylic acids is 1. The second-order valence-electron chi connectivity index (χ2n) is 5.39. The fraction of sp³-hybridized carbons (Fsp3) is 0.562. The summed E-state index contributed by atoms with van der Waals surface area (Å²) in [6.45, 7) is 0. The first-order valence-corrected chi connectivity index (χ1v) is 7.64. The summed E-state index contributed by atoms with van der Waals surface area (Å²) in [5.74, 6) is 0.640. The molecular formula is C16H22ClNO. The molecular weight excluding hydrogens is 258 g/mol. The number of nitrogens with zero attached hydrogens (tertiary/aromatic N) is 1. The van der Waals surface area contributed by atoms with Crippen molar-refractivity contribution in [2.75, 3.05) is 12.9 Å². The van der Waals surface area contributed by atoms with E-state index in [0.29, 0.717) is 5.92 Å². The molecule has 1 aliphatic carbocycles. The molecule has 0 saturated heterocycles. The van der Waals surface area contributed by atoms with E-state index in [4.69, 9.17) is 11.6 Å². The predicted molar refractivity (Wildman–Crippen MR) is 79.2 cm³/mol. The zero-order valence-corrected chi connectivity index (χ0v) is 12.3. The van der Waals surface area contributed by atoms with Crippen LogP contribution in [0.25, 0.3) is 0 Å². The first-order chi connectivity index (χ1) is 9.24. The van der Waals surface area contributed by atoms with Crippen LogP contribution in [0, 0.1) is 5.92 Å². The summed E-state index contributed by atoms with van der Waals surface area (Å²) in [6.07, 6.45) is 6.29. The Morgan fingerprint density at radius 2 is 1.89 bits per heavy atom. The summed E-state index contributed by atoms with van der Waals surface area (Å²) < 4.78 is 0. The fourth-order valence-corrected chi connectivity index (χ4v) is 3.35. The quantitative estimate of drug-likeness (QED) is 0.763. The van der Waals surface area contributed by atoms with Gasteiger partial charge in [0, 0.05) is 7.05 Å². The standard InChI is InChI=1S/C16H22ClNO/c1-18(15(19)12-17)16(13-8-4-2-5-9-13)14-10-6-3-7-11-14/h2,4-5,8-9,14,16H,3,6-7,10-12H2,1H3/t16-/m1/s1. The Balaban J connectivity index is 2.24. The highest BCUT2D eigenvalue weighted by molar-refractivity contribution is 6.27. The number of hydrogen-bond acceptors (Lipinski definition) is 1. The van der Waals surface area contributed by atoms with Crippen LogP contribution in [0.5, 0.6) is 0 Å². The average molecular weight is 280 g/mol. The first-order valence-electron chi connectivity index (χ1n) is 7.10. The van der Waals surface area contributed by atoms with Gasteiger partial charge in [-0.2, -0.15) is 0 Å². The molecule has 3 heteroatoms. The summed E-state index contributed by atoms with van der Waals surface area (Å²) >= 11 is 5.73. The Kier molecular flexibility index (Phi) is 5.26. The molecule has 104 valence electrons. The minimum atomic E-state index is 0.0149. The molecule has 0 radical (unpaired) electrons. The van der Waals surface area contributed by atoms with Crippen LogP contribution < -0.4 is 0 Å². The second kappa shape index (κ2) is 6.95. The van der Waals surface area contributed by atoms with Crippen LogP contribution in [0.1, 0.15) is 43.7 Å². The molecule has 2 rings (SSSR count). The molecule has 1 aromatic carbocycles. The molecule has 0 aliphatic heterocycles. The highest BCUT2D eigenvalue weighted by atomic mass is 35.5. The van der Waals surface area contributed by atoms with Gasteiger partial charge in [0.2, 0.25) is 5.91 Å². The molecule has 1 fully saturated rings. The normalized spacial score (nSPS) is 18.0. The lowest BCUT2D eigenvalue weighted by Gasteiger charge is -2.37. The third-order valence-electron chi connectivity index (χ3n) is 4.16. The van der Waals surface area contributed by atoms with Gasteiger partial charge in [0.15, 0.2) is 0 Å². The van der Waals surface area contributed by atoms with Crippen molar-refractivity contribution in [1.29, 1.82) is 0 Å². The van der Waals surface area contributed by atoms with Gasteiger partial charge < -0.3 is 4.90 Å². The van der Waals surface area contributed by atoms with Gasteiger partial charge in [0.25, 0.3) is 0 Å². The molecule has 0 spiro atoms. The van der Waals surface area contributed by atoms with Gasteiger partial charge in [0.1, 0.15) is 5.88 Å². The molecule has 1 amide bonds. The molecule has 0 N–H and O–H groups in total. The van der Waals surface area contributed by atoms with Crippen LogP contribution in [0.3, 0.4) is 0 Å². The second-order valence-corrected chi connectivity index (χ2v) is 5.66. The third kappa shape index (κ3) is 3.50. The van der Waals surface area contributed by atoms with E-state index in [2.05, 4.69) is 12.1 Å². The maximum Gasteiger partial charge on any atom is 0.237 e. The molecule has 1 aliphatic rings. The Labute approximate surface area is 120 Å². The first kappa shape index (κ1) is 14.4. The van der Waals surface area contributed by atoms with E-state index >= 15 is 0 Å². The van der Waals surface area contributed by atoms with Crippen molar-refractivity contribution < 1.29 is 4.79 Å². The van der Waals surface area contributed by atoms with E-state index in [1.165, 1.54) is 37.7 Å². The van der Waals surface area contributed by atoms with Crippen LogP contribution >= 0.6 is 11.6 Å². The smallest absolute Gasteiger partial charge is 0.237 e. The van der Waals surface area contributed by atoms with Crippen molar-refractivity contribution in [2.45, 2.75) is 38.1 Å². The summed E-state index contributed by atoms with van der Waals surface area (Å²) in [4.78, 5) is 13.8. The molecule has 0 aromatic heterocycles. The zero-order chi connectivity index (χ0) is 13.7. The highest BCUT2D eigenvalue weighted by Gasteiger charge is 2.30. The van der Waals surface area contributed by atoms with E-state index in [0.717, 1.165) is 0 Å². The van der Waals surface area contributed by atoms with Crippen LogP contribution in [0.2, 0.25) is 0 Å². The molecule has 0 heterocycles. The highest BCUT2D eigenvalue weighted by Crippen LogP contribution is 2.37. The maximum absolute atomic E-state index is 12.0. The number of alkyl halides is 1. The van der Waals surface area contributed by atoms with Crippen molar-refractivity contribution in [3.8, 4) is 0 Å². The van der Waals surface area contributed by atoms with Crippen molar-refractivity contribution >= 4 is 17.5 Å². The summed E-state index contributed by atoms with van der Waals surface area (Å²) in [5, 5.41) is 0. The minimum absolute atomic E-state index is 0.0149. The third-order valence-corrected chi connectivity index (χ3v) is 4.39. The molecule has 1 atom stereocenters. The Hall–Kier alpha value is -1.02. The largest absolute Gasteiger partial charge is 0.337 e. The van der Waals surface area contributed by atoms with Crippen molar-refractivity contribution in [3.05, 3.63) is 35.9 Å². The molecule has 19 heavy (non-hydrogen) atoms. The molecule has 1 saturated carbocycles. The van der Waals surface area contributed by atoms with Gasteiger partial charge >= 0.3 is 0 Å². The van der Waals surface area contributed by atoms with Gasteiger partial charge in [-0.1, -0.05) is 49.6 Å². The van der Waals surface area contributed by atoms with E-state index in [9.17, 15) is 4.79 Å². The topological polar surface area (TPSA) is 20.3 Å². The van der Waals surface area contributed by atoms with Crippen LogP contribution in [-0.4, -0.2) is 23.7 Å². The van der Waals surface area contributed by atoms with E-state index < -0.39 is 0 Å². The zero-order valence-electron chi connectivity index (χ0n) is 11.5. The minimum Gasteiger partial charge on any atom is -0.337 e. The molecule has 1 aromatic rings. The molecule has 0 bridgehead atoms. The van der Waals surface area contributed by atoms with E-state index in [1.807, 2.05) is 30.1 Å². The number of halogens is 1. The number of hydrogen-bond donors (Lipinski definition) is 0. The van der Waals surface area contributed by atoms with Crippen LogP contribution in [0.4, 0.5) is 0 Å². The van der Waals surface area contributed by atoms with Gasteiger partial charge in [-0.05, 0) is 24.3 Å². The van der Waals surface area contributed by atoms with E-state index in [-0.39, 0.29) is 17.8 Å². The van der Waals surface area contributed by atoms with Gasteiger partial charge in [-0.25, -0.2) is 0 Å². The number of carbonyl (C=O) groups is 1. The SMILES string of the molecule is CN(C(=O)CCl)[C@H](c1ccccc1)C1CCCCC1. The van der Waals surface area contributed by atoms with Crippen molar-refractivity contribution in [1.82, 2.24) is 4.90 Å². The van der Waals surface area contributed by atoms with Gasteiger partial charge in [-0.15, -0.1) is 11.6 Å². The number of amides is 1. The predicted octanol–water partition coefficient (Wildman–Crippen LogP) is 4.01. The lowest BCUT2D eigenvalue weighted by molar-refractivity contribution is -0.130. The molecule has 0 unspecified atom stereocenters. The molecule has 2 nitrogen and oxygen atoms in total. The summed E-state index contributed by atoms with van der Waals surface area (Å²) in [5.41, 5.74) is 1.23. The van der Waals surface area contributed by atoms with Gasteiger partial charge in [0.05, 0.1) is 6.04 Å². The van der Waals surface area contributed by atoms with Crippen molar-refractivity contribution in [3.63, 3.8) is 0 Å². The van der Waals surface area contributed by atoms with E-state index in [1.54, 1.807) is 0 Å². The van der Waals surface area contributed by atoms with Crippen molar-refractivity contribution in [2.24, 2.45) is 5.92 Å². The van der Waals surface area contributed by atoms with Crippen LogP contribution in [0.15, 0.2) is 30.3 Å². The number of rotatable bonds is 4. The Morgan fingerprint density at radius 3 is 2.47 bits per heavy atom. The van der Waals surface area contributed by atoms with Crippen LogP contribution in [-0.2, 0) is 4.79 Å². The summed E-state index contributed by atoms with van der Waals surface area (Å²) in [7, 11) is 1.89. The number of benzene rings is 1. The monoisotopic (exact) mass is 279 g/mol. The lowest BCUT2D eigenvalue weighted by Crippen LogP contribution is -2.37. The summed E-state index contributed by atoms with van der Waals surface area (Å²) in [6, 6.07) is 10.5. The lowest BCUT2D eigenvalue weighted by atomic mass is 9.80. The Morgan fingerprint density at radius 1 is 1.26 bits per heavy atom. The maximum atomic E-state index is 12.0. The fourth-order valence-electron chi connectivity index (χ4n) is 3.16. The van der Waals surface area contributed by atoms with Gasteiger partial charge in [-0.3, -0.25) is 4.79 Å².